The number of carbonyl (C=O) groups excluding carboxylic acids is 1. The quantitative estimate of drug-likeness (QED) is 0.846. The van der Waals surface area contributed by atoms with E-state index < -0.39 is 0 Å². The Kier molecular flexibility index (Phi) is 5.13. The molecule has 1 saturated heterocycles. The van der Waals surface area contributed by atoms with Gasteiger partial charge in [-0.3, -0.25) is 9.48 Å². The van der Waals surface area contributed by atoms with Crippen LogP contribution in [0.25, 0.3) is 0 Å². The maximum Gasteiger partial charge on any atom is 0.272 e. The summed E-state index contributed by atoms with van der Waals surface area (Å²) >= 11 is 0. The number of benzene rings is 1. The van der Waals surface area contributed by atoms with Crippen molar-refractivity contribution in [3.05, 3.63) is 48.0 Å². The van der Waals surface area contributed by atoms with Crippen LogP contribution in [0.3, 0.4) is 0 Å². The van der Waals surface area contributed by atoms with Crippen LogP contribution in [-0.4, -0.2) is 40.3 Å². The van der Waals surface area contributed by atoms with Crippen LogP contribution in [0.1, 0.15) is 30.3 Å². The number of hydrogen-bond acceptors (Lipinski definition) is 3. The third-order valence-corrected chi connectivity index (χ3v) is 4.34. The van der Waals surface area contributed by atoms with Gasteiger partial charge in [-0.2, -0.15) is 5.10 Å². The minimum Gasteiger partial charge on any atom is -0.493 e. The summed E-state index contributed by atoms with van der Waals surface area (Å²) in [6.45, 7) is 4.62. The van der Waals surface area contributed by atoms with Crippen molar-refractivity contribution >= 4 is 5.91 Å². The van der Waals surface area contributed by atoms with Crippen molar-refractivity contribution in [2.75, 3.05) is 19.7 Å². The van der Waals surface area contributed by atoms with Crippen molar-refractivity contribution in [3.8, 4) is 5.75 Å². The number of carbonyl (C=O) groups is 1. The predicted octanol–water partition coefficient (Wildman–Crippen LogP) is 2.97. The van der Waals surface area contributed by atoms with Gasteiger partial charge in [-0.1, -0.05) is 0 Å². The molecule has 128 valence electrons. The van der Waals surface area contributed by atoms with Gasteiger partial charge in [0, 0.05) is 31.7 Å². The van der Waals surface area contributed by atoms with Crippen LogP contribution in [0.15, 0.2) is 36.5 Å². The number of nitrogens with zero attached hydrogens (tertiary/aromatic N) is 3. The van der Waals surface area contributed by atoms with Crippen LogP contribution >= 0.6 is 0 Å². The van der Waals surface area contributed by atoms with E-state index in [-0.39, 0.29) is 17.6 Å². The Morgan fingerprint density at radius 1 is 1.33 bits per heavy atom. The standard InChI is InChI=1S/C18H22FN3O2/c1-2-22-17(9-10-20-22)18(23)21-11-3-4-14(12-21)13-24-16-7-5-15(19)6-8-16/h5-10,14H,2-4,11-13H2,1H3/t14-/m0/s1. The van der Waals surface area contributed by atoms with Crippen molar-refractivity contribution in [2.24, 2.45) is 5.92 Å². The van der Waals surface area contributed by atoms with Gasteiger partial charge in [0.2, 0.25) is 0 Å². The molecule has 1 fully saturated rings. The molecule has 5 nitrogen and oxygen atoms in total. The smallest absolute Gasteiger partial charge is 0.272 e. The highest BCUT2D eigenvalue weighted by Gasteiger charge is 2.26. The van der Waals surface area contributed by atoms with E-state index in [0.717, 1.165) is 19.4 Å². The Hall–Kier alpha value is -2.37. The number of halogens is 1. The highest BCUT2D eigenvalue weighted by atomic mass is 19.1. The molecule has 1 atom stereocenters. The van der Waals surface area contributed by atoms with Crippen molar-refractivity contribution < 1.29 is 13.9 Å². The van der Waals surface area contributed by atoms with Gasteiger partial charge in [0.1, 0.15) is 17.3 Å². The SMILES string of the molecule is CCn1nccc1C(=O)N1CCC[C@H](COc2ccc(F)cc2)C1. The van der Waals surface area contributed by atoms with Gasteiger partial charge in [0.05, 0.1) is 6.61 Å². The minimum atomic E-state index is -0.274. The van der Waals surface area contributed by atoms with Gasteiger partial charge in [-0.25, -0.2) is 4.39 Å². The molecule has 0 saturated carbocycles. The number of likely N-dealkylation sites (tertiary alicyclic amines) is 1. The number of hydrogen-bond donors (Lipinski definition) is 0. The first-order valence-electron chi connectivity index (χ1n) is 8.37. The molecule has 1 aromatic carbocycles. The third kappa shape index (κ3) is 3.75. The number of aromatic nitrogens is 2. The molecule has 0 bridgehead atoms. The molecule has 0 spiro atoms. The van der Waals surface area contributed by atoms with Crippen molar-refractivity contribution in [3.63, 3.8) is 0 Å². The zero-order valence-electron chi connectivity index (χ0n) is 13.8. The lowest BCUT2D eigenvalue weighted by atomic mass is 9.98. The van der Waals surface area contributed by atoms with Crippen LogP contribution in [0, 0.1) is 11.7 Å². The van der Waals surface area contributed by atoms with Crippen molar-refractivity contribution in [1.82, 2.24) is 14.7 Å². The van der Waals surface area contributed by atoms with Crippen LogP contribution in [0.2, 0.25) is 0 Å². The summed E-state index contributed by atoms with van der Waals surface area (Å²) < 4.78 is 20.4. The van der Waals surface area contributed by atoms with Gasteiger partial charge < -0.3 is 9.64 Å². The molecule has 2 aromatic rings. The normalized spacial score (nSPS) is 17.8. The van der Waals surface area contributed by atoms with E-state index in [4.69, 9.17) is 4.74 Å². The molecule has 0 N–H and O–H groups in total. The van der Waals surface area contributed by atoms with Gasteiger partial charge >= 0.3 is 0 Å². The lowest BCUT2D eigenvalue weighted by Gasteiger charge is -2.32. The second kappa shape index (κ2) is 7.47. The summed E-state index contributed by atoms with van der Waals surface area (Å²) in [6, 6.07) is 7.79. The third-order valence-electron chi connectivity index (χ3n) is 4.34. The number of piperidine rings is 1. The largest absolute Gasteiger partial charge is 0.493 e. The average molecular weight is 331 g/mol. The topological polar surface area (TPSA) is 47.4 Å². The maximum absolute atomic E-state index is 12.9. The minimum absolute atomic E-state index is 0.0285. The Balaban J connectivity index is 1.58. The van der Waals surface area contributed by atoms with Crippen LogP contribution in [0.4, 0.5) is 4.39 Å². The summed E-state index contributed by atoms with van der Waals surface area (Å²) in [4.78, 5) is 14.6. The number of ether oxygens (including phenoxy) is 1. The van der Waals surface area contributed by atoms with Gasteiger partial charge in [-0.05, 0) is 50.1 Å². The summed E-state index contributed by atoms with van der Waals surface area (Å²) in [7, 11) is 0. The molecule has 1 amide bonds. The second-order valence-electron chi connectivity index (χ2n) is 6.06. The molecular weight excluding hydrogens is 309 g/mol. The van der Waals surface area contributed by atoms with E-state index in [9.17, 15) is 9.18 Å². The number of amides is 1. The zero-order chi connectivity index (χ0) is 16.9. The maximum atomic E-state index is 12.9. The first-order valence-corrected chi connectivity index (χ1v) is 8.37. The lowest BCUT2D eigenvalue weighted by molar-refractivity contribution is 0.0621. The van der Waals surface area contributed by atoms with Gasteiger partial charge in [0.15, 0.2) is 0 Å². The van der Waals surface area contributed by atoms with Crippen LogP contribution < -0.4 is 4.74 Å². The Bertz CT molecular complexity index is 684. The fraction of sp³-hybridized carbons (Fsp3) is 0.444. The molecule has 6 heteroatoms. The highest BCUT2D eigenvalue weighted by Crippen LogP contribution is 2.20. The molecule has 1 aliphatic rings. The van der Waals surface area contributed by atoms with E-state index in [1.165, 1.54) is 12.1 Å². The van der Waals surface area contributed by atoms with E-state index in [1.807, 2.05) is 11.8 Å². The number of aryl methyl sites for hydroxylation is 1. The average Bonchev–Trinajstić information content (AvgIpc) is 3.09. The molecule has 24 heavy (non-hydrogen) atoms. The molecular formula is C18H22FN3O2. The van der Waals surface area contributed by atoms with Crippen LogP contribution in [-0.2, 0) is 6.54 Å². The molecule has 1 aromatic heterocycles. The fourth-order valence-electron chi connectivity index (χ4n) is 3.06. The molecule has 2 heterocycles. The Morgan fingerprint density at radius 3 is 2.88 bits per heavy atom. The van der Waals surface area contributed by atoms with Crippen LogP contribution in [0.5, 0.6) is 5.75 Å². The molecule has 0 radical (unpaired) electrons. The first-order chi connectivity index (χ1) is 11.7. The van der Waals surface area contributed by atoms with E-state index in [1.54, 1.807) is 29.1 Å². The second-order valence-corrected chi connectivity index (χ2v) is 6.06. The predicted molar refractivity (Wildman–Crippen MR) is 88.4 cm³/mol. The Morgan fingerprint density at radius 2 is 2.12 bits per heavy atom. The summed E-state index contributed by atoms with van der Waals surface area (Å²) in [6.07, 6.45) is 3.65. The zero-order valence-corrected chi connectivity index (χ0v) is 13.8. The summed E-state index contributed by atoms with van der Waals surface area (Å²) in [5.41, 5.74) is 0.637. The monoisotopic (exact) mass is 331 g/mol. The summed E-state index contributed by atoms with van der Waals surface area (Å²) in [5.74, 6) is 0.694. The molecule has 1 aliphatic heterocycles. The first kappa shape index (κ1) is 16.5. The van der Waals surface area contributed by atoms with E-state index in [2.05, 4.69) is 5.10 Å². The fourth-order valence-corrected chi connectivity index (χ4v) is 3.06. The van der Waals surface area contributed by atoms with E-state index in [0.29, 0.717) is 31.1 Å². The Labute approximate surface area is 141 Å². The number of rotatable bonds is 5. The molecule has 0 aliphatic carbocycles. The summed E-state index contributed by atoms with van der Waals surface area (Å²) in [5, 5.41) is 4.17. The highest BCUT2D eigenvalue weighted by molar-refractivity contribution is 5.92. The van der Waals surface area contributed by atoms with Gasteiger partial charge in [0.25, 0.3) is 5.91 Å². The van der Waals surface area contributed by atoms with Crippen molar-refractivity contribution in [1.29, 1.82) is 0 Å². The van der Waals surface area contributed by atoms with Crippen molar-refractivity contribution in [2.45, 2.75) is 26.3 Å². The van der Waals surface area contributed by atoms with Gasteiger partial charge in [-0.15, -0.1) is 0 Å². The van der Waals surface area contributed by atoms with E-state index >= 15 is 0 Å². The molecule has 0 unspecified atom stereocenters. The molecule has 3 rings (SSSR count). The lowest BCUT2D eigenvalue weighted by Crippen LogP contribution is -2.42.